The number of ether oxygens (including phenoxy) is 1. The zero-order chi connectivity index (χ0) is 28.2. The minimum atomic E-state index is -0.198. The monoisotopic (exact) mass is 552 g/mol. The van der Waals surface area contributed by atoms with Gasteiger partial charge in [-0.1, -0.05) is 30.7 Å². The summed E-state index contributed by atoms with van der Waals surface area (Å²) in [5.41, 5.74) is 8.10. The van der Waals surface area contributed by atoms with Gasteiger partial charge in [0, 0.05) is 31.9 Å². The molecule has 2 fully saturated rings. The molecule has 0 saturated carbocycles. The van der Waals surface area contributed by atoms with Crippen LogP contribution >= 0.6 is 0 Å². The number of piperidine rings is 2. The second kappa shape index (κ2) is 12.0. The molecule has 0 radical (unpaired) electrons. The summed E-state index contributed by atoms with van der Waals surface area (Å²) in [6.45, 7) is 4.15. The van der Waals surface area contributed by atoms with Crippen LogP contribution in [0.25, 0.3) is 16.7 Å². The molecule has 2 aromatic heterocycles. The molecule has 0 spiro atoms. The highest BCUT2D eigenvalue weighted by Gasteiger charge is 2.28. The van der Waals surface area contributed by atoms with Crippen molar-refractivity contribution in [3.05, 3.63) is 89.5 Å². The number of likely N-dealkylation sites (tertiary alicyclic amines) is 2. The first-order chi connectivity index (χ1) is 20.1. The Hall–Kier alpha value is -4.37. The van der Waals surface area contributed by atoms with Gasteiger partial charge in [-0.15, -0.1) is 0 Å². The molecule has 0 bridgehead atoms. The standard InChI is InChI=1S/C32H36N6O3/c33-31-30-28(17-18-34-31)37(25-9-7-22-36(23-25)29(39)12-8-21-35-19-5-2-6-20-35)32(40)38(30)24-13-15-27(16-14-24)41-26-10-3-1-4-11-26/h1,3-4,8,10-18,25H,2,5-7,9,19-23H2,(H2,33,34)/b12-8+/t25-/m1/s1. The van der Waals surface area contributed by atoms with Crippen LogP contribution in [-0.4, -0.2) is 62.5 Å². The zero-order valence-corrected chi connectivity index (χ0v) is 23.2. The van der Waals surface area contributed by atoms with Crippen molar-refractivity contribution < 1.29 is 9.53 Å². The van der Waals surface area contributed by atoms with E-state index in [9.17, 15) is 9.59 Å². The third-order valence-electron chi connectivity index (χ3n) is 8.03. The summed E-state index contributed by atoms with van der Waals surface area (Å²) >= 11 is 0. The normalized spacial score (nSPS) is 18.2. The molecule has 9 heteroatoms. The van der Waals surface area contributed by atoms with Gasteiger partial charge >= 0.3 is 5.69 Å². The third kappa shape index (κ3) is 5.76. The second-order valence-corrected chi connectivity index (χ2v) is 10.8. The number of anilines is 1. The molecule has 4 aromatic rings. The number of nitrogens with two attached hydrogens (primary N) is 1. The van der Waals surface area contributed by atoms with Crippen LogP contribution in [0.3, 0.4) is 0 Å². The van der Waals surface area contributed by atoms with Gasteiger partial charge in [-0.3, -0.25) is 18.8 Å². The lowest BCUT2D eigenvalue weighted by atomic mass is 10.1. The van der Waals surface area contributed by atoms with Crippen LogP contribution in [0.4, 0.5) is 5.82 Å². The van der Waals surface area contributed by atoms with Crippen LogP contribution < -0.4 is 16.2 Å². The Morgan fingerprint density at radius 3 is 2.49 bits per heavy atom. The average Bonchev–Trinajstić information content (AvgIpc) is 3.31. The molecule has 212 valence electrons. The fourth-order valence-electron chi connectivity index (χ4n) is 5.99. The Morgan fingerprint density at radius 2 is 1.71 bits per heavy atom. The molecule has 1 amide bonds. The smallest absolute Gasteiger partial charge is 0.334 e. The molecule has 2 N–H and O–H groups in total. The maximum absolute atomic E-state index is 14.0. The highest BCUT2D eigenvalue weighted by Crippen LogP contribution is 2.29. The first-order valence-electron chi connectivity index (χ1n) is 14.5. The Bertz CT molecular complexity index is 1590. The number of nitrogen functional groups attached to an aromatic ring is 1. The van der Waals surface area contributed by atoms with Crippen LogP contribution in [0, 0.1) is 0 Å². The van der Waals surface area contributed by atoms with Gasteiger partial charge in [0.15, 0.2) is 0 Å². The van der Waals surface area contributed by atoms with Crippen LogP contribution in [0.2, 0.25) is 0 Å². The fraction of sp³-hybridized carbons (Fsp3) is 0.344. The maximum atomic E-state index is 14.0. The number of rotatable bonds is 7. The van der Waals surface area contributed by atoms with Gasteiger partial charge in [-0.25, -0.2) is 9.78 Å². The third-order valence-corrected chi connectivity index (χ3v) is 8.03. The number of imidazole rings is 1. The highest BCUT2D eigenvalue weighted by molar-refractivity contribution is 5.88. The van der Waals surface area contributed by atoms with E-state index in [4.69, 9.17) is 10.5 Å². The predicted molar refractivity (Wildman–Crippen MR) is 161 cm³/mol. The van der Waals surface area contributed by atoms with Gasteiger partial charge in [-0.2, -0.15) is 0 Å². The van der Waals surface area contributed by atoms with E-state index < -0.39 is 0 Å². The number of amides is 1. The Balaban J connectivity index is 1.25. The van der Waals surface area contributed by atoms with Crippen molar-refractivity contribution in [2.75, 3.05) is 38.5 Å². The molecule has 41 heavy (non-hydrogen) atoms. The molecule has 6 rings (SSSR count). The average molecular weight is 553 g/mol. The summed E-state index contributed by atoms with van der Waals surface area (Å²) in [6.07, 6.45) is 10.7. The van der Waals surface area contributed by atoms with E-state index in [1.165, 1.54) is 19.3 Å². The Kier molecular flexibility index (Phi) is 7.86. The number of nitrogens with zero attached hydrogens (tertiary/aromatic N) is 5. The molecule has 0 aliphatic carbocycles. The minimum absolute atomic E-state index is 0.00122. The van der Waals surface area contributed by atoms with Gasteiger partial charge in [0.1, 0.15) is 22.8 Å². The van der Waals surface area contributed by atoms with Crippen LogP contribution in [0.1, 0.15) is 38.1 Å². The maximum Gasteiger partial charge on any atom is 0.334 e. The Morgan fingerprint density at radius 1 is 0.951 bits per heavy atom. The van der Waals surface area contributed by atoms with Crippen molar-refractivity contribution in [3.8, 4) is 17.2 Å². The summed E-state index contributed by atoms with van der Waals surface area (Å²) in [5.74, 6) is 1.68. The molecule has 2 aromatic carbocycles. The number of carbonyl (C=O) groups is 1. The van der Waals surface area contributed by atoms with Crippen molar-refractivity contribution >= 4 is 22.8 Å². The van der Waals surface area contributed by atoms with Crippen LogP contribution in [0.15, 0.2) is 83.8 Å². The molecule has 9 nitrogen and oxygen atoms in total. The Labute approximate surface area is 239 Å². The second-order valence-electron chi connectivity index (χ2n) is 10.8. The number of aromatic nitrogens is 3. The predicted octanol–water partition coefficient (Wildman–Crippen LogP) is 4.77. The van der Waals surface area contributed by atoms with Gasteiger partial charge in [-0.05, 0) is 81.2 Å². The summed E-state index contributed by atoms with van der Waals surface area (Å²) < 4.78 is 9.34. The number of hydrogen-bond acceptors (Lipinski definition) is 6. The number of fused-ring (bicyclic) bond motifs is 1. The minimum Gasteiger partial charge on any atom is -0.457 e. The van der Waals surface area contributed by atoms with Crippen molar-refractivity contribution in [1.82, 2.24) is 23.9 Å². The van der Waals surface area contributed by atoms with E-state index in [0.29, 0.717) is 35.6 Å². The van der Waals surface area contributed by atoms with Crippen molar-refractivity contribution in [2.24, 2.45) is 0 Å². The molecular formula is C32H36N6O3. The molecule has 2 aliphatic rings. The van der Waals surface area contributed by atoms with E-state index in [1.807, 2.05) is 71.6 Å². The SMILES string of the molecule is Nc1nccc2c1n(-c1ccc(Oc3ccccc3)cc1)c(=O)n2[C@@H]1CCCN(C(=O)/C=C/CN2CCCCC2)C1. The summed E-state index contributed by atoms with van der Waals surface area (Å²) in [5, 5.41) is 0. The lowest BCUT2D eigenvalue weighted by Gasteiger charge is -2.32. The van der Waals surface area contributed by atoms with E-state index in [-0.39, 0.29) is 23.5 Å². The van der Waals surface area contributed by atoms with Gasteiger partial charge in [0.05, 0.1) is 17.2 Å². The number of benzene rings is 2. The first kappa shape index (κ1) is 26.8. The molecular weight excluding hydrogens is 516 g/mol. The lowest BCUT2D eigenvalue weighted by molar-refractivity contribution is -0.127. The molecule has 4 heterocycles. The lowest BCUT2D eigenvalue weighted by Crippen LogP contribution is -2.42. The van der Waals surface area contributed by atoms with E-state index in [2.05, 4.69) is 9.88 Å². The van der Waals surface area contributed by atoms with Crippen LogP contribution in [0.5, 0.6) is 11.5 Å². The molecule has 1 atom stereocenters. The molecule has 2 aliphatic heterocycles. The van der Waals surface area contributed by atoms with Crippen molar-refractivity contribution in [1.29, 1.82) is 0 Å². The summed E-state index contributed by atoms with van der Waals surface area (Å²) in [4.78, 5) is 35.7. The van der Waals surface area contributed by atoms with Crippen molar-refractivity contribution in [2.45, 2.75) is 38.1 Å². The topological polar surface area (TPSA) is 98.6 Å². The van der Waals surface area contributed by atoms with Gasteiger partial charge in [0.25, 0.3) is 0 Å². The largest absolute Gasteiger partial charge is 0.457 e. The summed E-state index contributed by atoms with van der Waals surface area (Å²) in [7, 11) is 0. The number of pyridine rings is 1. The first-order valence-corrected chi connectivity index (χ1v) is 14.5. The van der Waals surface area contributed by atoms with Crippen LogP contribution in [-0.2, 0) is 4.79 Å². The van der Waals surface area contributed by atoms with Gasteiger partial charge < -0.3 is 15.4 Å². The van der Waals surface area contributed by atoms with Gasteiger partial charge in [0.2, 0.25) is 5.91 Å². The zero-order valence-electron chi connectivity index (χ0n) is 23.2. The van der Waals surface area contributed by atoms with E-state index >= 15 is 0 Å². The number of carbonyl (C=O) groups excluding carboxylic acids is 1. The molecule has 2 saturated heterocycles. The summed E-state index contributed by atoms with van der Waals surface area (Å²) in [6, 6.07) is 18.6. The van der Waals surface area contributed by atoms with E-state index in [1.54, 1.807) is 21.4 Å². The molecule has 0 unspecified atom stereocenters. The fourth-order valence-corrected chi connectivity index (χ4v) is 5.99. The highest BCUT2D eigenvalue weighted by atomic mass is 16.5. The van der Waals surface area contributed by atoms with Crippen molar-refractivity contribution in [3.63, 3.8) is 0 Å². The van der Waals surface area contributed by atoms with E-state index in [0.717, 1.165) is 38.2 Å². The number of hydrogen-bond donors (Lipinski definition) is 1. The quantitative estimate of drug-likeness (QED) is 0.332. The number of para-hydroxylation sites is 1.